The predicted octanol–water partition coefficient (Wildman–Crippen LogP) is 4.89. The Labute approximate surface area is 206 Å². The van der Waals surface area contributed by atoms with E-state index in [0.29, 0.717) is 42.4 Å². The summed E-state index contributed by atoms with van der Waals surface area (Å²) in [5, 5.41) is 9.12. The normalized spacial score (nSPS) is 10.8. The lowest BCUT2D eigenvalue weighted by Crippen LogP contribution is -2.10. The third-order valence-corrected chi connectivity index (χ3v) is 4.93. The molecule has 0 saturated heterocycles. The van der Waals surface area contributed by atoms with Crippen LogP contribution in [0.3, 0.4) is 0 Å². The third-order valence-electron chi connectivity index (χ3n) is 4.93. The topological polar surface area (TPSA) is 104 Å². The molecule has 186 valence electrons. The standard InChI is InChI=1S/C27H31NO7/c1-5-7-14-34-22-11-8-19(16-25(22)33-6-2)10-13-26(29)35-23-12-9-20(17-24(23)31-3)15-21(18-28)27(30)32-4/h8-9,11-12,15-17H,5-7,10,13-14H2,1-4H3/b21-15+. The van der Waals surface area contributed by atoms with E-state index >= 15 is 0 Å². The van der Waals surface area contributed by atoms with Gasteiger partial charge in [-0.1, -0.05) is 25.5 Å². The van der Waals surface area contributed by atoms with Gasteiger partial charge in [0.25, 0.3) is 0 Å². The van der Waals surface area contributed by atoms with Crippen molar-refractivity contribution in [2.45, 2.75) is 39.5 Å². The van der Waals surface area contributed by atoms with Crippen molar-refractivity contribution in [2.75, 3.05) is 27.4 Å². The van der Waals surface area contributed by atoms with Crippen molar-refractivity contribution in [3.63, 3.8) is 0 Å². The van der Waals surface area contributed by atoms with Crippen LogP contribution in [0.1, 0.15) is 44.2 Å². The van der Waals surface area contributed by atoms with Crippen molar-refractivity contribution in [1.29, 1.82) is 5.26 Å². The lowest BCUT2D eigenvalue weighted by atomic mass is 10.1. The zero-order valence-corrected chi connectivity index (χ0v) is 20.6. The second kappa shape index (κ2) is 14.3. The smallest absolute Gasteiger partial charge is 0.348 e. The number of hydrogen-bond donors (Lipinski definition) is 0. The van der Waals surface area contributed by atoms with Gasteiger partial charge >= 0.3 is 11.9 Å². The van der Waals surface area contributed by atoms with Crippen LogP contribution in [0.2, 0.25) is 0 Å². The van der Waals surface area contributed by atoms with Gasteiger partial charge in [0.05, 0.1) is 27.4 Å². The number of benzene rings is 2. The highest BCUT2D eigenvalue weighted by atomic mass is 16.6. The molecule has 0 unspecified atom stereocenters. The van der Waals surface area contributed by atoms with Gasteiger partial charge in [-0.05, 0) is 61.2 Å². The maximum absolute atomic E-state index is 12.5. The van der Waals surface area contributed by atoms with Gasteiger partial charge in [0.15, 0.2) is 23.0 Å². The second-order valence-electron chi connectivity index (χ2n) is 7.46. The Morgan fingerprint density at radius 2 is 1.74 bits per heavy atom. The van der Waals surface area contributed by atoms with Crippen LogP contribution >= 0.6 is 0 Å². The van der Waals surface area contributed by atoms with E-state index in [4.69, 9.17) is 24.2 Å². The Hall–Kier alpha value is -3.99. The molecule has 8 nitrogen and oxygen atoms in total. The van der Waals surface area contributed by atoms with Crippen molar-refractivity contribution < 1.29 is 33.3 Å². The molecule has 2 aromatic rings. The molecule has 0 fully saturated rings. The minimum atomic E-state index is -0.741. The van der Waals surface area contributed by atoms with Crippen LogP contribution in [-0.4, -0.2) is 39.4 Å². The van der Waals surface area contributed by atoms with Gasteiger partial charge in [-0.25, -0.2) is 4.79 Å². The number of ether oxygens (including phenoxy) is 5. The van der Waals surface area contributed by atoms with E-state index < -0.39 is 11.9 Å². The molecule has 0 bridgehead atoms. The molecule has 0 aliphatic heterocycles. The Balaban J connectivity index is 2.06. The molecule has 2 rings (SSSR count). The van der Waals surface area contributed by atoms with Gasteiger partial charge in [-0.3, -0.25) is 4.79 Å². The summed E-state index contributed by atoms with van der Waals surface area (Å²) in [6.07, 6.45) is 3.98. The number of esters is 2. The van der Waals surface area contributed by atoms with Crippen LogP contribution in [0.25, 0.3) is 6.08 Å². The van der Waals surface area contributed by atoms with Gasteiger partial charge in [0.1, 0.15) is 11.6 Å². The first kappa shape index (κ1) is 27.3. The van der Waals surface area contributed by atoms with Crippen LogP contribution in [0, 0.1) is 11.3 Å². The summed E-state index contributed by atoms with van der Waals surface area (Å²) >= 11 is 0. The minimum absolute atomic E-state index is 0.146. The number of rotatable bonds is 13. The highest BCUT2D eigenvalue weighted by molar-refractivity contribution is 5.97. The van der Waals surface area contributed by atoms with Crippen molar-refractivity contribution in [1.82, 2.24) is 0 Å². The number of methoxy groups -OCH3 is 2. The van der Waals surface area contributed by atoms with Gasteiger partial charge in [0, 0.05) is 6.42 Å². The number of aryl methyl sites for hydroxylation is 1. The monoisotopic (exact) mass is 481 g/mol. The molecule has 0 spiro atoms. The fourth-order valence-corrected chi connectivity index (χ4v) is 3.11. The fourth-order valence-electron chi connectivity index (χ4n) is 3.11. The number of hydrogen-bond acceptors (Lipinski definition) is 8. The highest BCUT2D eigenvalue weighted by Crippen LogP contribution is 2.31. The fraction of sp³-hybridized carbons (Fsp3) is 0.370. The Bertz CT molecular complexity index is 1090. The van der Waals surface area contributed by atoms with E-state index in [9.17, 15) is 9.59 Å². The number of carbonyl (C=O) groups is 2. The Morgan fingerprint density at radius 1 is 0.971 bits per heavy atom. The lowest BCUT2D eigenvalue weighted by molar-refractivity contribution is -0.136. The maximum Gasteiger partial charge on any atom is 0.348 e. The number of nitrogens with zero attached hydrogens (tertiary/aromatic N) is 1. The van der Waals surface area contributed by atoms with E-state index in [2.05, 4.69) is 11.7 Å². The second-order valence-corrected chi connectivity index (χ2v) is 7.46. The number of unbranched alkanes of at least 4 members (excludes halogenated alkanes) is 1. The lowest BCUT2D eigenvalue weighted by Gasteiger charge is -2.13. The summed E-state index contributed by atoms with van der Waals surface area (Å²) in [5.41, 5.74) is 1.29. The molecule has 0 aliphatic rings. The molecule has 2 aromatic carbocycles. The van der Waals surface area contributed by atoms with E-state index in [1.54, 1.807) is 24.3 Å². The molecular formula is C27H31NO7. The third kappa shape index (κ3) is 8.38. The van der Waals surface area contributed by atoms with Crippen molar-refractivity contribution in [2.24, 2.45) is 0 Å². The molecule has 0 radical (unpaired) electrons. The maximum atomic E-state index is 12.5. The first-order chi connectivity index (χ1) is 16.9. The van der Waals surface area contributed by atoms with Crippen LogP contribution in [-0.2, 0) is 20.7 Å². The first-order valence-electron chi connectivity index (χ1n) is 11.4. The predicted molar refractivity (Wildman–Crippen MR) is 131 cm³/mol. The van der Waals surface area contributed by atoms with E-state index in [1.807, 2.05) is 25.1 Å². The molecule has 0 N–H and O–H groups in total. The summed E-state index contributed by atoms with van der Waals surface area (Å²) in [6, 6.07) is 12.2. The Morgan fingerprint density at radius 3 is 2.40 bits per heavy atom. The Kier molecular flexibility index (Phi) is 11.1. The average molecular weight is 482 g/mol. The van der Waals surface area contributed by atoms with E-state index in [-0.39, 0.29) is 17.7 Å². The number of nitriles is 1. The average Bonchev–Trinajstić information content (AvgIpc) is 2.87. The molecular weight excluding hydrogens is 450 g/mol. The zero-order valence-electron chi connectivity index (χ0n) is 20.6. The molecule has 0 atom stereocenters. The van der Waals surface area contributed by atoms with Gasteiger partial charge < -0.3 is 23.7 Å². The van der Waals surface area contributed by atoms with Gasteiger partial charge in [0.2, 0.25) is 0 Å². The molecule has 0 aliphatic carbocycles. The van der Waals surface area contributed by atoms with Gasteiger partial charge in [-0.15, -0.1) is 0 Å². The first-order valence-corrected chi connectivity index (χ1v) is 11.4. The summed E-state index contributed by atoms with van der Waals surface area (Å²) in [6.45, 7) is 5.14. The summed E-state index contributed by atoms with van der Waals surface area (Å²) in [7, 11) is 2.63. The minimum Gasteiger partial charge on any atom is -0.493 e. The zero-order chi connectivity index (χ0) is 25.6. The molecule has 0 heterocycles. The van der Waals surface area contributed by atoms with Crippen molar-refractivity contribution in [3.8, 4) is 29.1 Å². The molecule has 0 amide bonds. The SMILES string of the molecule is CCCCOc1ccc(CCC(=O)Oc2ccc(/C=C(\C#N)C(=O)OC)cc2OC)cc1OCC. The van der Waals surface area contributed by atoms with Crippen molar-refractivity contribution >= 4 is 18.0 Å². The highest BCUT2D eigenvalue weighted by Gasteiger charge is 2.14. The van der Waals surface area contributed by atoms with Crippen LogP contribution in [0.15, 0.2) is 42.0 Å². The van der Waals surface area contributed by atoms with E-state index in [0.717, 1.165) is 18.4 Å². The molecule has 0 saturated carbocycles. The summed E-state index contributed by atoms with van der Waals surface area (Å²) in [4.78, 5) is 24.1. The molecule has 8 heteroatoms. The van der Waals surface area contributed by atoms with Crippen LogP contribution in [0.4, 0.5) is 0 Å². The van der Waals surface area contributed by atoms with Crippen LogP contribution in [0.5, 0.6) is 23.0 Å². The molecule has 35 heavy (non-hydrogen) atoms. The van der Waals surface area contributed by atoms with E-state index in [1.165, 1.54) is 20.3 Å². The quantitative estimate of drug-likeness (QED) is 0.131. The molecule has 0 aromatic heterocycles. The largest absolute Gasteiger partial charge is 0.493 e. The number of carbonyl (C=O) groups excluding carboxylic acids is 2. The van der Waals surface area contributed by atoms with Crippen molar-refractivity contribution in [3.05, 3.63) is 53.1 Å². The van der Waals surface area contributed by atoms with Crippen LogP contribution < -0.4 is 18.9 Å². The summed E-state index contributed by atoms with van der Waals surface area (Å²) in [5.74, 6) is 0.707. The summed E-state index contributed by atoms with van der Waals surface area (Å²) < 4.78 is 26.9. The van der Waals surface area contributed by atoms with Gasteiger partial charge in [-0.2, -0.15) is 5.26 Å².